The molecule has 0 aliphatic heterocycles. The van der Waals surface area contributed by atoms with Gasteiger partial charge in [-0.15, -0.1) is 0 Å². The molecule has 0 aromatic carbocycles. The molecule has 11 heteroatoms. The Labute approximate surface area is 132 Å². The van der Waals surface area contributed by atoms with Gasteiger partial charge >= 0.3 is 18.1 Å². The molecule has 0 atom stereocenters. The van der Waals surface area contributed by atoms with Gasteiger partial charge in [-0.25, -0.2) is 0 Å². The van der Waals surface area contributed by atoms with Crippen LogP contribution in [0.3, 0.4) is 0 Å². The molecule has 130 valence electrons. The Bertz CT molecular complexity index is 423. The van der Waals surface area contributed by atoms with E-state index in [-0.39, 0.29) is 4.90 Å². The van der Waals surface area contributed by atoms with Crippen LogP contribution in [0.25, 0.3) is 0 Å². The van der Waals surface area contributed by atoms with Crippen LogP contribution in [0.15, 0.2) is 0 Å². The van der Waals surface area contributed by atoms with E-state index in [2.05, 4.69) is 10.2 Å². The number of hydrogen-bond donors (Lipinski definition) is 3. The number of carboxylic acids is 1. The number of alkyl halides is 3. The minimum absolute atomic E-state index is 0.244. The second-order valence-electron chi connectivity index (χ2n) is 4.59. The Hall–Kier alpha value is -0.700. The molecule has 0 radical (unpaired) electrons. The van der Waals surface area contributed by atoms with Crippen molar-refractivity contribution in [3.05, 3.63) is 0 Å². The topological polar surface area (TPSA) is 81.7 Å². The third-order valence-electron chi connectivity index (χ3n) is 2.46. The summed E-state index contributed by atoms with van der Waals surface area (Å²) in [5.74, 6) is -3.72. The predicted molar refractivity (Wildman–Crippen MR) is 81.1 cm³/mol. The largest absolute Gasteiger partial charge is 0.480 e. The third kappa shape index (κ3) is 8.07. The quantitative estimate of drug-likeness (QED) is 0.513. The van der Waals surface area contributed by atoms with Crippen molar-refractivity contribution in [1.29, 1.82) is 0 Å². The summed E-state index contributed by atoms with van der Waals surface area (Å²) in [6.07, 6.45) is -6.91. The Balaban J connectivity index is 5.21. The molecular formula is C11H21F3N3O3PS. The number of nitrogens with zero attached hydrogens (tertiary/aromatic N) is 1. The van der Waals surface area contributed by atoms with E-state index in [1.807, 2.05) is 13.8 Å². The standard InChI is InChI=1S/C11H21F3N3O3PS/c1-3-5-15-21(22,16-6-4-2)8-17(7-9(18)19)10(20)11(12,13)14/h3-8H2,1-2H3,(H,18,19)(H2,15,16,22). The van der Waals surface area contributed by atoms with Gasteiger partial charge in [0.05, 0.1) is 12.6 Å². The van der Waals surface area contributed by atoms with Crippen molar-refractivity contribution >= 4 is 30.0 Å². The highest BCUT2D eigenvalue weighted by molar-refractivity contribution is 8.12. The second kappa shape index (κ2) is 9.44. The number of carbonyl (C=O) groups excluding carboxylic acids is 1. The van der Waals surface area contributed by atoms with Gasteiger partial charge in [0.2, 0.25) is 0 Å². The van der Waals surface area contributed by atoms with Crippen LogP contribution in [-0.4, -0.2) is 54.0 Å². The zero-order chi connectivity index (χ0) is 17.4. The number of carbonyl (C=O) groups is 2. The van der Waals surface area contributed by atoms with Crippen molar-refractivity contribution in [2.45, 2.75) is 32.9 Å². The van der Waals surface area contributed by atoms with Gasteiger partial charge in [0.25, 0.3) is 0 Å². The molecule has 0 spiro atoms. The van der Waals surface area contributed by atoms with E-state index in [9.17, 15) is 22.8 Å². The van der Waals surface area contributed by atoms with Gasteiger partial charge in [0.15, 0.2) is 0 Å². The number of nitrogens with one attached hydrogen (secondary N) is 2. The average Bonchev–Trinajstić information content (AvgIpc) is 2.40. The second-order valence-corrected chi connectivity index (χ2v) is 8.86. The lowest BCUT2D eigenvalue weighted by atomic mass is 10.5. The fourth-order valence-corrected chi connectivity index (χ4v) is 4.67. The molecule has 0 fully saturated rings. The predicted octanol–water partition coefficient (Wildman–Crippen LogP) is 1.73. The molecule has 0 bridgehead atoms. The van der Waals surface area contributed by atoms with E-state index < -0.39 is 37.2 Å². The minimum Gasteiger partial charge on any atom is -0.480 e. The molecule has 0 aliphatic rings. The van der Waals surface area contributed by atoms with Gasteiger partial charge in [-0.2, -0.15) is 13.2 Å². The van der Waals surface area contributed by atoms with Crippen LogP contribution in [0.2, 0.25) is 0 Å². The number of amides is 1. The fraction of sp³-hybridized carbons (Fsp3) is 0.818. The highest BCUT2D eigenvalue weighted by Gasteiger charge is 2.44. The molecule has 22 heavy (non-hydrogen) atoms. The highest BCUT2D eigenvalue weighted by atomic mass is 32.4. The summed E-state index contributed by atoms with van der Waals surface area (Å²) in [7, 11) is 0. The molecule has 0 aromatic rings. The van der Waals surface area contributed by atoms with Crippen molar-refractivity contribution in [3.63, 3.8) is 0 Å². The Morgan fingerprint density at radius 3 is 1.95 bits per heavy atom. The summed E-state index contributed by atoms with van der Waals surface area (Å²) in [5, 5.41) is 14.6. The number of rotatable bonds is 10. The first-order valence-electron chi connectivity index (χ1n) is 6.73. The Morgan fingerprint density at radius 2 is 1.64 bits per heavy atom. The van der Waals surface area contributed by atoms with Crippen LogP contribution < -0.4 is 10.2 Å². The number of carboxylic acid groups (broad SMARTS) is 1. The maximum Gasteiger partial charge on any atom is 0.471 e. The molecule has 6 nitrogen and oxygen atoms in total. The smallest absolute Gasteiger partial charge is 0.471 e. The van der Waals surface area contributed by atoms with Crippen LogP contribution in [-0.2, 0) is 21.4 Å². The van der Waals surface area contributed by atoms with Crippen molar-refractivity contribution in [2.24, 2.45) is 0 Å². The molecule has 0 aromatic heterocycles. The lowest BCUT2D eigenvalue weighted by Gasteiger charge is -2.31. The van der Waals surface area contributed by atoms with E-state index in [1.54, 1.807) is 0 Å². The Kier molecular flexibility index (Phi) is 9.14. The van der Waals surface area contributed by atoms with Crippen molar-refractivity contribution in [1.82, 2.24) is 15.1 Å². The van der Waals surface area contributed by atoms with Gasteiger partial charge in [0.1, 0.15) is 6.54 Å². The molecule has 0 rings (SSSR count). The molecule has 0 unspecified atom stereocenters. The summed E-state index contributed by atoms with van der Waals surface area (Å²) < 4.78 is 37.7. The van der Waals surface area contributed by atoms with E-state index >= 15 is 0 Å². The number of aliphatic carboxylic acids is 1. The zero-order valence-corrected chi connectivity index (χ0v) is 14.2. The summed E-state index contributed by atoms with van der Waals surface area (Å²) in [4.78, 5) is 22.4. The van der Waals surface area contributed by atoms with Crippen LogP contribution >= 0.6 is 6.34 Å². The van der Waals surface area contributed by atoms with Crippen molar-refractivity contribution in [3.8, 4) is 0 Å². The monoisotopic (exact) mass is 363 g/mol. The van der Waals surface area contributed by atoms with Crippen LogP contribution in [0.1, 0.15) is 26.7 Å². The van der Waals surface area contributed by atoms with Crippen LogP contribution in [0.4, 0.5) is 13.2 Å². The van der Waals surface area contributed by atoms with E-state index in [0.29, 0.717) is 25.9 Å². The Morgan fingerprint density at radius 1 is 1.18 bits per heavy atom. The first-order valence-corrected chi connectivity index (χ1v) is 9.71. The van der Waals surface area contributed by atoms with Gasteiger partial charge in [0, 0.05) is 13.1 Å². The van der Waals surface area contributed by atoms with Gasteiger partial charge in [-0.05, 0) is 12.8 Å². The lowest BCUT2D eigenvalue weighted by Crippen LogP contribution is -2.46. The van der Waals surface area contributed by atoms with Crippen LogP contribution in [0.5, 0.6) is 0 Å². The molecule has 0 saturated carbocycles. The molecule has 1 amide bonds. The van der Waals surface area contributed by atoms with E-state index in [4.69, 9.17) is 16.9 Å². The van der Waals surface area contributed by atoms with Gasteiger partial charge in [-0.1, -0.05) is 25.7 Å². The lowest BCUT2D eigenvalue weighted by molar-refractivity contribution is -0.185. The summed E-state index contributed by atoms with van der Waals surface area (Å²) >= 11 is 5.34. The normalized spacial score (nSPS) is 12.2. The SMILES string of the molecule is CCCNP(=S)(CN(CC(=O)O)C(=O)C(F)(F)F)NCCC. The van der Waals surface area contributed by atoms with E-state index in [1.165, 1.54) is 0 Å². The van der Waals surface area contributed by atoms with Crippen molar-refractivity contribution < 1.29 is 27.9 Å². The molecule has 0 heterocycles. The van der Waals surface area contributed by atoms with Crippen LogP contribution in [0, 0.1) is 0 Å². The molecule has 3 N–H and O–H groups in total. The fourth-order valence-electron chi connectivity index (χ4n) is 1.51. The third-order valence-corrected chi connectivity index (χ3v) is 5.79. The average molecular weight is 363 g/mol. The first-order chi connectivity index (χ1) is 10.1. The molecule has 0 aliphatic carbocycles. The number of halogens is 3. The van der Waals surface area contributed by atoms with E-state index in [0.717, 1.165) is 0 Å². The first kappa shape index (κ1) is 21.3. The molecule has 0 saturated heterocycles. The molecular weight excluding hydrogens is 342 g/mol. The zero-order valence-electron chi connectivity index (χ0n) is 12.4. The number of hydrogen-bond acceptors (Lipinski definition) is 3. The summed E-state index contributed by atoms with van der Waals surface area (Å²) in [6.45, 7) is 3.62. The summed E-state index contributed by atoms with van der Waals surface area (Å²) in [5.41, 5.74) is 0. The van der Waals surface area contributed by atoms with Gasteiger partial charge in [-0.3, -0.25) is 19.8 Å². The maximum absolute atomic E-state index is 12.6. The van der Waals surface area contributed by atoms with Gasteiger partial charge < -0.3 is 10.0 Å². The maximum atomic E-state index is 12.6. The summed E-state index contributed by atoms with van der Waals surface area (Å²) in [6, 6.07) is 0. The minimum atomic E-state index is -5.13. The van der Waals surface area contributed by atoms with Crippen molar-refractivity contribution in [2.75, 3.05) is 25.9 Å². The highest BCUT2D eigenvalue weighted by Crippen LogP contribution is 2.38.